The Bertz CT molecular complexity index is 1020. The average molecular weight is 388 g/mol. The minimum atomic E-state index is -0.0578. The maximum atomic E-state index is 6.63. The van der Waals surface area contributed by atoms with Crippen LogP contribution in [0.15, 0.2) is 60.7 Å². The molecule has 1 saturated carbocycles. The summed E-state index contributed by atoms with van der Waals surface area (Å²) < 4.78 is 12.3. The summed E-state index contributed by atoms with van der Waals surface area (Å²) >= 11 is 0. The number of nitrogens with one attached hydrogen (secondary N) is 1. The summed E-state index contributed by atoms with van der Waals surface area (Å²) in [7, 11) is 1.73. The molecule has 3 aromatic carbocycles. The Balaban J connectivity index is 1.51. The standard InChI is InChI=1S/C26H29NO2/c1-18(20-12-7-10-19-9-3-4-11-21(19)20)27-23-17-26(15-5-6-16-26)29-25-22(23)13-8-14-24(25)28-2/h3-4,7-14,18,23,27H,5-6,15-17H2,1-2H3/t18?,23-/m0/s1. The zero-order valence-corrected chi connectivity index (χ0v) is 17.3. The number of ether oxygens (including phenoxy) is 2. The zero-order chi connectivity index (χ0) is 19.8. The molecule has 1 N–H and O–H groups in total. The fraction of sp³-hybridized carbons (Fsp3) is 0.385. The summed E-state index contributed by atoms with van der Waals surface area (Å²) in [5.74, 6) is 1.78. The minimum absolute atomic E-state index is 0.0578. The van der Waals surface area contributed by atoms with E-state index in [4.69, 9.17) is 9.47 Å². The first-order valence-electron chi connectivity index (χ1n) is 10.8. The van der Waals surface area contributed by atoms with Gasteiger partial charge in [0.25, 0.3) is 0 Å². The van der Waals surface area contributed by atoms with Crippen LogP contribution in [0.2, 0.25) is 0 Å². The molecule has 3 heteroatoms. The number of para-hydroxylation sites is 1. The van der Waals surface area contributed by atoms with Crippen molar-refractivity contribution in [3.8, 4) is 11.5 Å². The second kappa shape index (κ2) is 7.38. The molecular weight excluding hydrogens is 358 g/mol. The first-order valence-corrected chi connectivity index (χ1v) is 10.8. The summed E-state index contributed by atoms with van der Waals surface area (Å²) in [6, 6.07) is 22.0. The molecule has 0 amide bonds. The third-order valence-corrected chi connectivity index (χ3v) is 6.76. The summed E-state index contributed by atoms with van der Waals surface area (Å²) in [4.78, 5) is 0. The van der Waals surface area contributed by atoms with Crippen LogP contribution in [0, 0.1) is 0 Å². The smallest absolute Gasteiger partial charge is 0.166 e. The lowest BCUT2D eigenvalue weighted by atomic mass is 9.85. The Labute approximate surface area is 173 Å². The van der Waals surface area contributed by atoms with E-state index in [0.29, 0.717) is 0 Å². The predicted octanol–water partition coefficient (Wildman–Crippen LogP) is 6.34. The van der Waals surface area contributed by atoms with Gasteiger partial charge < -0.3 is 14.8 Å². The lowest BCUT2D eigenvalue weighted by Gasteiger charge is -2.41. The van der Waals surface area contributed by atoms with Gasteiger partial charge in [0.15, 0.2) is 11.5 Å². The van der Waals surface area contributed by atoms with Crippen LogP contribution >= 0.6 is 0 Å². The van der Waals surface area contributed by atoms with Crippen LogP contribution in [0.25, 0.3) is 10.8 Å². The van der Waals surface area contributed by atoms with Crippen molar-refractivity contribution in [3.05, 3.63) is 71.8 Å². The molecule has 2 atom stereocenters. The van der Waals surface area contributed by atoms with Crippen LogP contribution in [0.1, 0.15) is 62.2 Å². The van der Waals surface area contributed by atoms with Crippen LogP contribution in [-0.4, -0.2) is 12.7 Å². The highest BCUT2D eigenvalue weighted by molar-refractivity contribution is 5.86. The second-order valence-corrected chi connectivity index (χ2v) is 8.58. The van der Waals surface area contributed by atoms with Crippen LogP contribution < -0.4 is 14.8 Å². The lowest BCUT2D eigenvalue weighted by Crippen LogP contribution is -2.42. The van der Waals surface area contributed by atoms with Crippen LogP contribution in [0.4, 0.5) is 0 Å². The number of hydrogen-bond acceptors (Lipinski definition) is 3. The summed E-state index contributed by atoms with van der Waals surface area (Å²) in [5, 5.41) is 6.56. The fourth-order valence-corrected chi connectivity index (χ4v) is 5.31. The summed E-state index contributed by atoms with van der Waals surface area (Å²) in [5.41, 5.74) is 2.51. The molecule has 3 nitrogen and oxygen atoms in total. The van der Waals surface area contributed by atoms with Gasteiger partial charge in [0, 0.05) is 24.1 Å². The largest absolute Gasteiger partial charge is 0.493 e. The van der Waals surface area contributed by atoms with Crippen molar-refractivity contribution < 1.29 is 9.47 Å². The Morgan fingerprint density at radius 2 is 1.76 bits per heavy atom. The molecule has 0 bridgehead atoms. The van der Waals surface area contributed by atoms with Crippen molar-refractivity contribution in [2.75, 3.05) is 7.11 Å². The molecule has 1 aliphatic heterocycles. The molecule has 29 heavy (non-hydrogen) atoms. The topological polar surface area (TPSA) is 30.5 Å². The van der Waals surface area contributed by atoms with E-state index in [2.05, 4.69) is 66.8 Å². The Hall–Kier alpha value is -2.52. The maximum absolute atomic E-state index is 6.63. The van der Waals surface area contributed by atoms with Gasteiger partial charge in [0.2, 0.25) is 0 Å². The van der Waals surface area contributed by atoms with Gasteiger partial charge in [-0.25, -0.2) is 0 Å². The van der Waals surface area contributed by atoms with Crippen molar-refractivity contribution >= 4 is 10.8 Å². The molecular formula is C26H29NO2. The lowest BCUT2D eigenvalue weighted by molar-refractivity contribution is 0.0321. The highest BCUT2D eigenvalue weighted by atomic mass is 16.5. The van der Waals surface area contributed by atoms with Gasteiger partial charge in [-0.05, 0) is 55.0 Å². The van der Waals surface area contributed by atoms with Crippen LogP contribution in [0.5, 0.6) is 11.5 Å². The van der Waals surface area contributed by atoms with Crippen molar-refractivity contribution in [1.29, 1.82) is 0 Å². The van der Waals surface area contributed by atoms with Crippen molar-refractivity contribution in [1.82, 2.24) is 5.32 Å². The average Bonchev–Trinajstić information content (AvgIpc) is 3.20. The summed E-state index contributed by atoms with van der Waals surface area (Å²) in [6.07, 6.45) is 5.77. The Morgan fingerprint density at radius 1 is 1.00 bits per heavy atom. The third kappa shape index (κ3) is 3.28. The van der Waals surface area contributed by atoms with Gasteiger partial charge >= 0.3 is 0 Å². The molecule has 2 aliphatic rings. The molecule has 1 heterocycles. The van der Waals surface area contributed by atoms with Crippen molar-refractivity contribution in [3.63, 3.8) is 0 Å². The monoisotopic (exact) mass is 387 g/mol. The highest BCUT2D eigenvalue weighted by Gasteiger charge is 2.44. The minimum Gasteiger partial charge on any atom is -0.493 e. The molecule has 1 aliphatic carbocycles. The molecule has 0 saturated heterocycles. The Morgan fingerprint density at radius 3 is 2.59 bits per heavy atom. The maximum Gasteiger partial charge on any atom is 0.166 e. The van der Waals surface area contributed by atoms with Gasteiger partial charge in [0.05, 0.1) is 7.11 Å². The highest BCUT2D eigenvalue weighted by Crippen LogP contribution is 2.50. The molecule has 150 valence electrons. The van der Waals surface area contributed by atoms with Gasteiger partial charge in [-0.15, -0.1) is 0 Å². The number of hydrogen-bond donors (Lipinski definition) is 1. The quantitative estimate of drug-likeness (QED) is 0.567. The van der Waals surface area contributed by atoms with E-state index in [1.165, 1.54) is 34.7 Å². The first kappa shape index (κ1) is 18.5. The van der Waals surface area contributed by atoms with E-state index in [1.54, 1.807) is 7.11 Å². The van der Waals surface area contributed by atoms with E-state index in [1.807, 2.05) is 6.07 Å². The SMILES string of the molecule is COc1cccc2c1OC1(CCCC1)C[C@@H]2NC(C)c1cccc2ccccc12. The van der Waals surface area contributed by atoms with Gasteiger partial charge in [-0.2, -0.15) is 0 Å². The number of benzene rings is 3. The van der Waals surface area contributed by atoms with Crippen molar-refractivity contribution in [2.24, 2.45) is 0 Å². The predicted molar refractivity (Wildman–Crippen MR) is 118 cm³/mol. The molecule has 0 radical (unpaired) electrons. The molecule has 1 unspecified atom stereocenters. The van der Waals surface area contributed by atoms with E-state index < -0.39 is 0 Å². The summed E-state index contributed by atoms with van der Waals surface area (Å²) in [6.45, 7) is 2.28. The molecule has 0 aromatic heterocycles. The van der Waals surface area contributed by atoms with E-state index >= 15 is 0 Å². The number of fused-ring (bicyclic) bond motifs is 2. The normalized spacial score (nSPS) is 21.0. The van der Waals surface area contributed by atoms with Gasteiger partial charge in [0.1, 0.15) is 5.60 Å². The fourth-order valence-electron chi connectivity index (χ4n) is 5.31. The first-order chi connectivity index (χ1) is 14.2. The van der Waals surface area contributed by atoms with Gasteiger partial charge in [-0.3, -0.25) is 0 Å². The third-order valence-electron chi connectivity index (χ3n) is 6.76. The van der Waals surface area contributed by atoms with Crippen LogP contribution in [0.3, 0.4) is 0 Å². The molecule has 1 fully saturated rings. The van der Waals surface area contributed by atoms with E-state index in [0.717, 1.165) is 30.8 Å². The second-order valence-electron chi connectivity index (χ2n) is 8.58. The molecule has 5 rings (SSSR count). The Kier molecular flexibility index (Phi) is 4.71. The number of rotatable bonds is 4. The van der Waals surface area contributed by atoms with E-state index in [9.17, 15) is 0 Å². The van der Waals surface area contributed by atoms with Crippen LogP contribution in [-0.2, 0) is 0 Å². The molecule has 1 spiro atoms. The van der Waals surface area contributed by atoms with Gasteiger partial charge in [-0.1, -0.05) is 54.6 Å². The zero-order valence-electron chi connectivity index (χ0n) is 17.3. The molecule has 3 aromatic rings. The van der Waals surface area contributed by atoms with E-state index in [-0.39, 0.29) is 17.7 Å². The van der Waals surface area contributed by atoms with Crippen molar-refractivity contribution in [2.45, 2.75) is 56.7 Å². The number of methoxy groups -OCH3 is 1.